The fourth-order valence-electron chi connectivity index (χ4n) is 1.13. The molecule has 0 aliphatic carbocycles. The van der Waals surface area contributed by atoms with E-state index in [0.717, 1.165) is 0 Å². The molecule has 1 aromatic carbocycles. The molecule has 1 atom stereocenters. The molecule has 0 aliphatic rings. The van der Waals surface area contributed by atoms with Crippen molar-refractivity contribution >= 4 is 48.8 Å². The molecule has 0 fully saturated rings. The van der Waals surface area contributed by atoms with Gasteiger partial charge in [-0.1, -0.05) is 18.5 Å². The number of Topliss-reactive ketones (excluding diaryl/α,β-unsaturated/α-hetero) is 1. The normalized spacial score (nSPS) is 15.2. The van der Waals surface area contributed by atoms with Crippen LogP contribution in [0.25, 0.3) is 0 Å². The van der Waals surface area contributed by atoms with Gasteiger partial charge in [-0.05, 0) is 40.2 Å². The minimum Gasteiger partial charge on any atom is -0.399 e. The Morgan fingerprint density at radius 3 is 2.29 bits per heavy atom. The Kier molecular flexibility index (Phi) is 4.22. The number of nitrogen functional groups attached to an aromatic ring is 1. The van der Waals surface area contributed by atoms with Crippen molar-refractivity contribution in [3.63, 3.8) is 0 Å². The lowest BCUT2D eigenvalue weighted by Crippen LogP contribution is -2.36. The standard InChI is InChI=1S/C10H11BrClNO3S/c1-2-17(15,16)10(11,12)9(14)7-3-5-8(13)6-4-7/h3-6H,2,13H2,1H3. The summed E-state index contributed by atoms with van der Waals surface area (Å²) in [7, 11) is -3.75. The number of alkyl halides is 2. The highest BCUT2D eigenvalue weighted by Crippen LogP contribution is 2.35. The molecule has 1 rings (SSSR count). The average Bonchev–Trinajstić information content (AvgIpc) is 2.28. The number of carbonyl (C=O) groups is 1. The van der Waals surface area contributed by atoms with Gasteiger partial charge >= 0.3 is 0 Å². The van der Waals surface area contributed by atoms with Gasteiger partial charge in [0.2, 0.25) is 5.78 Å². The highest BCUT2D eigenvalue weighted by Gasteiger charge is 2.45. The van der Waals surface area contributed by atoms with Crippen molar-refractivity contribution in [3.8, 4) is 0 Å². The van der Waals surface area contributed by atoms with Crippen molar-refractivity contribution in [1.29, 1.82) is 0 Å². The SMILES string of the molecule is CCS(=O)(=O)C(Cl)(Br)C(=O)c1ccc(N)cc1. The summed E-state index contributed by atoms with van der Waals surface area (Å²) in [4.78, 5) is 12.0. The number of rotatable bonds is 4. The Morgan fingerprint density at radius 1 is 1.41 bits per heavy atom. The van der Waals surface area contributed by atoms with Gasteiger partial charge in [0.15, 0.2) is 9.84 Å². The fraction of sp³-hybridized carbons (Fsp3) is 0.300. The molecule has 0 amide bonds. The number of carbonyl (C=O) groups excluding carboxylic acids is 1. The monoisotopic (exact) mass is 339 g/mol. The Labute approximate surface area is 113 Å². The van der Waals surface area contributed by atoms with Gasteiger partial charge in [-0.25, -0.2) is 8.42 Å². The second-order valence-electron chi connectivity index (χ2n) is 3.37. The smallest absolute Gasteiger partial charge is 0.261 e. The summed E-state index contributed by atoms with van der Waals surface area (Å²) >= 11 is 8.58. The number of anilines is 1. The van der Waals surface area contributed by atoms with Crippen molar-refractivity contribution in [2.75, 3.05) is 11.5 Å². The summed E-state index contributed by atoms with van der Waals surface area (Å²) in [6.07, 6.45) is 0. The van der Waals surface area contributed by atoms with Gasteiger partial charge in [0.25, 0.3) is 3.12 Å². The predicted octanol–water partition coefficient (Wildman–Crippen LogP) is 2.17. The van der Waals surface area contributed by atoms with Crippen LogP contribution in [0.2, 0.25) is 0 Å². The predicted molar refractivity (Wildman–Crippen MR) is 72.2 cm³/mol. The van der Waals surface area contributed by atoms with Crippen molar-refractivity contribution in [2.24, 2.45) is 0 Å². The van der Waals surface area contributed by atoms with Crippen LogP contribution in [0.15, 0.2) is 24.3 Å². The van der Waals surface area contributed by atoms with E-state index >= 15 is 0 Å². The van der Waals surface area contributed by atoms with E-state index in [0.29, 0.717) is 5.69 Å². The summed E-state index contributed by atoms with van der Waals surface area (Å²) < 4.78 is 21.2. The van der Waals surface area contributed by atoms with Gasteiger partial charge in [-0.15, -0.1) is 0 Å². The van der Waals surface area contributed by atoms with Crippen LogP contribution in [0.5, 0.6) is 0 Å². The highest BCUT2D eigenvalue weighted by molar-refractivity contribution is 9.12. The molecule has 1 unspecified atom stereocenters. The number of hydrogen-bond acceptors (Lipinski definition) is 4. The number of halogens is 2. The maximum atomic E-state index is 12.0. The van der Waals surface area contributed by atoms with Crippen molar-refractivity contribution in [1.82, 2.24) is 0 Å². The largest absolute Gasteiger partial charge is 0.399 e. The quantitative estimate of drug-likeness (QED) is 0.518. The van der Waals surface area contributed by atoms with Crippen LogP contribution >= 0.6 is 27.5 Å². The first-order valence-corrected chi connectivity index (χ1v) is 7.55. The lowest BCUT2D eigenvalue weighted by molar-refractivity contribution is 0.1000. The van der Waals surface area contributed by atoms with Gasteiger partial charge in [0, 0.05) is 11.3 Å². The lowest BCUT2D eigenvalue weighted by atomic mass is 10.1. The molecule has 0 heterocycles. The first-order chi connectivity index (χ1) is 7.72. The second-order valence-corrected chi connectivity index (χ2v) is 8.75. The van der Waals surface area contributed by atoms with Gasteiger partial charge in [0.05, 0.1) is 5.75 Å². The molecule has 0 spiro atoms. The maximum Gasteiger partial charge on any atom is 0.261 e. The van der Waals surface area contributed by atoms with Gasteiger partial charge in [0.1, 0.15) is 0 Å². The molecule has 1 aromatic rings. The summed E-state index contributed by atoms with van der Waals surface area (Å²) in [6.45, 7) is 1.42. The number of hydrogen-bond donors (Lipinski definition) is 1. The van der Waals surface area contributed by atoms with Crippen LogP contribution < -0.4 is 5.73 Å². The van der Waals surface area contributed by atoms with Gasteiger partial charge in [-0.3, -0.25) is 4.79 Å². The molecular formula is C10H11BrClNO3S. The third-order valence-corrected chi connectivity index (χ3v) is 6.65. The Balaban J connectivity index is 3.18. The molecule has 0 aliphatic heterocycles. The van der Waals surface area contributed by atoms with Crippen LogP contribution in [0.1, 0.15) is 17.3 Å². The van der Waals surface area contributed by atoms with E-state index in [2.05, 4.69) is 15.9 Å². The third kappa shape index (κ3) is 2.81. The number of benzene rings is 1. The fourth-order valence-corrected chi connectivity index (χ4v) is 3.24. The van der Waals surface area contributed by atoms with E-state index in [1.807, 2.05) is 0 Å². The maximum absolute atomic E-state index is 12.0. The van der Waals surface area contributed by atoms with Crippen LogP contribution in [0.3, 0.4) is 0 Å². The highest BCUT2D eigenvalue weighted by atomic mass is 79.9. The van der Waals surface area contributed by atoms with Crippen LogP contribution in [0, 0.1) is 0 Å². The molecule has 4 nitrogen and oxygen atoms in total. The minimum absolute atomic E-state index is 0.183. The van der Waals surface area contributed by atoms with E-state index in [4.69, 9.17) is 17.3 Å². The minimum atomic E-state index is -3.75. The zero-order valence-electron chi connectivity index (χ0n) is 8.98. The summed E-state index contributed by atoms with van der Waals surface area (Å²) in [5.41, 5.74) is 6.14. The summed E-state index contributed by atoms with van der Waals surface area (Å²) in [5, 5.41) is 0. The second kappa shape index (κ2) is 4.96. The Bertz CT molecular complexity index is 525. The topological polar surface area (TPSA) is 77.2 Å². The van der Waals surface area contributed by atoms with Gasteiger partial charge < -0.3 is 5.73 Å². The number of nitrogens with two attached hydrogens (primary N) is 1. The van der Waals surface area contributed by atoms with E-state index < -0.39 is 18.7 Å². The molecule has 0 saturated heterocycles. The molecule has 0 aromatic heterocycles. The van der Waals surface area contributed by atoms with Crippen LogP contribution in [-0.4, -0.2) is 23.1 Å². The third-order valence-electron chi connectivity index (χ3n) is 2.21. The molecule has 17 heavy (non-hydrogen) atoms. The average molecular weight is 341 g/mol. The van der Waals surface area contributed by atoms with E-state index in [1.54, 1.807) is 0 Å². The molecule has 7 heteroatoms. The molecule has 0 radical (unpaired) electrons. The zero-order valence-corrected chi connectivity index (χ0v) is 12.1. The molecule has 2 N–H and O–H groups in total. The molecular weight excluding hydrogens is 330 g/mol. The van der Waals surface area contributed by atoms with Crippen molar-refractivity contribution < 1.29 is 13.2 Å². The Hall–Kier alpha value is -0.590. The lowest BCUT2D eigenvalue weighted by Gasteiger charge is -2.18. The van der Waals surface area contributed by atoms with E-state index in [-0.39, 0.29) is 11.3 Å². The first-order valence-electron chi connectivity index (χ1n) is 4.73. The molecule has 0 bridgehead atoms. The summed E-state index contributed by atoms with van der Waals surface area (Å²) in [6, 6.07) is 5.88. The number of ketones is 1. The van der Waals surface area contributed by atoms with Crippen LogP contribution in [-0.2, 0) is 9.84 Å². The first kappa shape index (κ1) is 14.5. The van der Waals surface area contributed by atoms with Gasteiger partial charge in [-0.2, -0.15) is 0 Å². The van der Waals surface area contributed by atoms with E-state index in [9.17, 15) is 13.2 Å². The molecule has 94 valence electrons. The van der Waals surface area contributed by atoms with E-state index in [1.165, 1.54) is 31.2 Å². The zero-order chi connectivity index (χ0) is 13.3. The number of sulfone groups is 1. The Morgan fingerprint density at radius 2 is 1.88 bits per heavy atom. The van der Waals surface area contributed by atoms with Crippen LogP contribution in [0.4, 0.5) is 5.69 Å². The van der Waals surface area contributed by atoms with Crippen molar-refractivity contribution in [3.05, 3.63) is 29.8 Å². The summed E-state index contributed by atoms with van der Waals surface area (Å²) in [5.74, 6) is -0.955. The van der Waals surface area contributed by atoms with Crippen molar-refractivity contribution in [2.45, 2.75) is 10.0 Å². The molecule has 0 saturated carbocycles.